The van der Waals surface area contributed by atoms with Crippen molar-refractivity contribution in [2.45, 2.75) is 45.7 Å². The normalized spacial score (nSPS) is 25.5. The minimum atomic E-state index is 0.205. The molecule has 0 radical (unpaired) electrons. The molecule has 0 amide bonds. The molecule has 0 saturated carbocycles. The fraction of sp³-hybridized carbons (Fsp3) is 0.786. The SMILES string of the molecule is CCC1(C)CN(Cc2c(Cl)c(C)nn2C)CCCN1. The largest absolute Gasteiger partial charge is 0.310 e. The first-order valence-electron chi connectivity index (χ1n) is 7.10. The molecule has 4 nitrogen and oxygen atoms in total. The molecule has 1 aliphatic rings. The molecule has 1 aromatic heterocycles. The van der Waals surface area contributed by atoms with Gasteiger partial charge >= 0.3 is 0 Å². The van der Waals surface area contributed by atoms with Crippen LogP contribution in [0.2, 0.25) is 5.02 Å². The second-order valence-electron chi connectivity index (χ2n) is 5.87. The van der Waals surface area contributed by atoms with Crippen molar-refractivity contribution >= 4 is 11.6 Å². The van der Waals surface area contributed by atoms with Crippen molar-refractivity contribution in [2.75, 3.05) is 19.6 Å². The first kappa shape index (κ1) is 14.8. The lowest BCUT2D eigenvalue weighted by Gasteiger charge is -2.32. The highest BCUT2D eigenvalue weighted by Crippen LogP contribution is 2.23. The molecule has 108 valence electrons. The Balaban J connectivity index is 2.13. The van der Waals surface area contributed by atoms with Crippen molar-refractivity contribution < 1.29 is 0 Å². The summed E-state index contributed by atoms with van der Waals surface area (Å²) in [5.41, 5.74) is 2.25. The van der Waals surface area contributed by atoms with E-state index in [0.29, 0.717) is 0 Å². The van der Waals surface area contributed by atoms with Crippen LogP contribution in [0.25, 0.3) is 0 Å². The van der Waals surface area contributed by atoms with Gasteiger partial charge in [-0.2, -0.15) is 5.10 Å². The summed E-state index contributed by atoms with van der Waals surface area (Å²) in [6, 6.07) is 0. The molecule has 2 heterocycles. The fourth-order valence-corrected chi connectivity index (χ4v) is 2.98. The van der Waals surface area contributed by atoms with Crippen LogP contribution in [0.5, 0.6) is 0 Å². The Morgan fingerprint density at radius 1 is 1.47 bits per heavy atom. The number of nitrogens with one attached hydrogen (secondary N) is 1. The molecule has 2 rings (SSSR count). The summed E-state index contributed by atoms with van der Waals surface area (Å²) in [5.74, 6) is 0. The summed E-state index contributed by atoms with van der Waals surface area (Å²) in [7, 11) is 1.98. The summed E-state index contributed by atoms with van der Waals surface area (Å²) in [6.45, 7) is 10.7. The Bertz CT molecular complexity index is 443. The third kappa shape index (κ3) is 3.30. The van der Waals surface area contributed by atoms with E-state index in [9.17, 15) is 0 Å². The summed E-state index contributed by atoms with van der Waals surface area (Å²) in [5, 5.41) is 8.88. The number of nitrogens with zero attached hydrogens (tertiary/aromatic N) is 3. The van der Waals surface area contributed by atoms with Crippen LogP contribution >= 0.6 is 11.6 Å². The predicted molar refractivity (Wildman–Crippen MR) is 79.5 cm³/mol. The number of aromatic nitrogens is 2. The summed E-state index contributed by atoms with van der Waals surface area (Å²) >= 11 is 6.35. The first-order valence-corrected chi connectivity index (χ1v) is 7.48. The van der Waals surface area contributed by atoms with Gasteiger partial charge in [-0.15, -0.1) is 0 Å². The van der Waals surface area contributed by atoms with Gasteiger partial charge in [0.1, 0.15) is 0 Å². The molecular weight excluding hydrogens is 260 g/mol. The molecule has 1 aliphatic heterocycles. The highest BCUT2D eigenvalue weighted by molar-refractivity contribution is 6.31. The van der Waals surface area contributed by atoms with Crippen LogP contribution in [0.4, 0.5) is 0 Å². The van der Waals surface area contributed by atoms with Crippen molar-refractivity contribution in [3.8, 4) is 0 Å². The maximum atomic E-state index is 6.35. The topological polar surface area (TPSA) is 33.1 Å². The lowest BCUT2D eigenvalue weighted by molar-refractivity contribution is 0.204. The average Bonchev–Trinajstić information content (AvgIpc) is 2.56. The van der Waals surface area contributed by atoms with Gasteiger partial charge in [0.05, 0.1) is 16.4 Å². The van der Waals surface area contributed by atoms with E-state index >= 15 is 0 Å². The third-order valence-electron chi connectivity index (χ3n) is 4.19. The van der Waals surface area contributed by atoms with Gasteiger partial charge < -0.3 is 5.32 Å². The minimum absolute atomic E-state index is 0.205. The average molecular weight is 285 g/mol. The van der Waals surface area contributed by atoms with E-state index in [2.05, 4.69) is 29.2 Å². The zero-order chi connectivity index (χ0) is 14.0. The Labute approximate surface area is 121 Å². The molecule has 0 aliphatic carbocycles. The van der Waals surface area contributed by atoms with Crippen molar-refractivity contribution in [1.82, 2.24) is 20.0 Å². The van der Waals surface area contributed by atoms with Crippen LogP contribution in [0.1, 0.15) is 38.1 Å². The van der Waals surface area contributed by atoms with Crippen LogP contribution in [-0.4, -0.2) is 39.9 Å². The molecule has 5 heteroatoms. The number of aryl methyl sites for hydroxylation is 2. The van der Waals surface area contributed by atoms with Gasteiger partial charge in [-0.05, 0) is 39.8 Å². The Hall–Kier alpha value is -0.580. The standard InChI is InChI=1S/C14H25ClN4/c1-5-14(3)10-19(8-6-7-16-14)9-12-13(15)11(2)17-18(12)4/h16H,5-10H2,1-4H3. The minimum Gasteiger partial charge on any atom is -0.310 e. The molecule has 1 aromatic rings. The van der Waals surface area contributed by atoms with E-state index < -0.39 is 0 Å². The van der Waals surface area contributed by atoms with E-state index in [1.807, 2.05) is 18.7 Å². The highest BCUT2D eigenvalue weighted by Gasteiger charge is 2.28. The summed E-state index contributed by atoms with van der Waals surface area (Å²) in [4.78, 5) is 2.49. The molecule has 1 unspecified atom stereocenters. The molecule has 1 N–H and O–H groups in total. The van der Waals surface area contributed by atoms with Gasteiger partial charge in [0.25, 0.3) is 0 Å². The third-order valence-corrected chi connectivity index (χ3v) is 4.68. The molecule has 1 atom stereocenters. The quantitative estimate of drug-likeness (QED) is 0.925. The van der Waals surface area contributed by atoms with E-state index in [-0.39, 0.29) is 5.54 Å². The Morgan fingerprint density at radius 3 is 2.79 bits per heavy atom. The monoisotopic (exact) mass is 284 g/mol. The van der Waals surface area contributed by atoms with E-state index in [0.717, 1.165) is 49.0 Å². The van der Waals surface area contributed by atoms with Gasteiger partial charge in [0.2, 0.25) is 0 Å². The maximum Gasteiger partial charge on any atom is 0.0860 e. The first-order chi connectivity index (χ1) is 8.95. The highest BCUT2D eigenvalue weighted by atomic mass is 35.5. The van der Waals surface area contributed by atoms with E-state index in [4.69, 9.17) is 11.6 Å². The van der Waals surface area contributed by atoms with E-state index in [1.54, 1.807) is 0 Å². The van der Waals surface area contributed by atoms with E-state index in [1.165, 1.54) is 6.42 Å². The molecule has 0 bridgehead atoms. The Kier molecular flexibility index (Phi) is 4.54. The van der Waals surface area contributed by atoms with Crippen LogP contribution in [-0.2, 0) is 13.6 Å². The lowest BCUT2D eigenvalue weighted by Crippen LogP contribution is -2.48. The molecule has 0 spiro atoms. The molecule has 1 fully saturated rings. The lowest BCUT2D eigenvalue weighted by atomic mass is 9.98. The van der Waals surface area contributed by atoms with Gasteiger partial charge in [0, 0.05) is 25.7 Å². The van der Waals surface area contributed by atoms with Crippen molar-refractivity contribution in [3.63, 3.8) is 0 Å². The van der Waals surface area contributed by atoms with Crippen molar-refractivity contribution in [2.24, 2.45) is 7.05 Å². The number of halogens is 1. The van der Waals surface area contributed by atoms with Crippen molar-refractivity contribution in [1.29, 1.82) is 0 Å². The predicted octanol–water partition coefficient (Wildman–Crippen LogP) is 2.35. The summed E-state index contributed by atoms with van der Waals surface area (Å²) in [6.07, 6.45) is 2.33. The molecule has 0 aromatic carbocycles. The smallest absolute Gasteiger partial charge is 0.0860 e. The maximum absolute atomic E-state index is 6.35. The second kappa shape index (κ2) is 5.81. The van der Waals surface area contributed by atoms with Gasteiger partial charge in [-0.25, -0.2) is 0 Å². The van der Waals surface area contributed by atoms with Crippen LogP contribution in [0, 0.1) is 6.92 Å². The van der Waals surface area contributed by atoms with Crippen LogP contribution in [0.3, 0.4) is 0 Å². The fourth-order valence-electron chi connectivity index (χ4n) is 2.76. The number of rotatable bonds is 3. The Morgan fingerprint density at radius 2 is 2.21 bits per heavy atom. The van der Waals surface area contributed by atoms with Crippen LogP contribution in [0.15, 0.2) is 0 Å². The number of hydrogen-bond acceptors (Lipinski definition) is 3. The zero-order valence-corrected chi connectivity index (χ0v) is 13.2. The van der Waals surface area contributed by atoms with Gasteiger partial charge in [-0.1, -0.05) is 18.5 Å². The molecule has 19 heavy (non-hydrogen) atoms. The van der Waals surface area contributed by atoms with Crippen LogP contribution < -0.4 is 5.32 Å². The van der Waals surface area contributed by atoms with Gasteiger partial charge in [0.15, 0.2) is 0 Å². The molecule has 1 saturated heterocycles. The second-order valence-corrected chi connectivity index (χ2v) is 6.25. The van der Waals surface area contributed by atoms with Gasteiger partial charge in [-0.3, -0.25) is 9.58 Å². The summed E-state index contributed by atoms with van der Waals surface area (Å²) < 4.78 is 1.92. The zero-order valence-electron chi connectivity index (χ0n) is 12.5. The number of hydrogen-bond donors (Lipinski definition) is 1. The molecular formula is C14H25ClN4. The van der Waals surface area contributed by atoms with Crippen molar-refractivity contribution in [3.05, 3.63) is 16.4 Å².